The van der Waals surface area contributed by atoms with E-state index in [0.29, 0.717) is 13.0 Å². The van der Waals surface area contributed by atoms with Crippen LogP contribution in [0.1, 0.15) is 27.2 Å². The molecule has 1 aliphatic rings. The molecule has 1 amide bonds. The van der Waals surface area contributed by atoms with Crippen molar-refractivity contribution in [3.05, 3.63) is 12.3 Å². The third-order valence-electron chi connectivity index (χ3n) is 2.64. The van der Waals surface area contributed by atoms with Crippen molar-refractivity contribution in [1.82, 2.24) is 9.78 Å². The van der Waals surface area contributed by atoms with E-state index in [1.165, 1.54) is 0 Å². The topological polar surface area (TPSA) is 38.1 Å². The molecule has 1 fully saturated rings. The number of carbonyl (C=O) groups excluding carboxylic acids is 1. The zero-order valence-corrected chi connectivity index (χ0v) is 10.7. The second-order valence-corrected chi connectivity index (χ2v) is 5.86. The highest BCUT2D eigenvalue weighted by atomic mass is 32.1. The summed E-state index contributed by atoms with van der Waals surface area (Å²) in [6, 6.07) is 1.88. The first-order chi connectivity index (χ1) is 7.39. The van der Waals surface area contributed by atoms with Gasteiger partial charge in [-0.25, -0.2) is 4.68 Å². The fourth-order valence-electron chi connectivity index (χ4n) is 1.93. The van der Waals surface area contributed by atoms with E-state index in [1.54, 1.807) is 11.1 Å². The Morgan fingerprint density at radius 3 is 2.69 bits per heavy atom. The van der Waals surface area contributed by atoms with Crippen LogP contribution in [0, 0.1) is 0 Å². The number of anilines is 1. The van der Waals surface area contributed by atoms with Crippen molar-refractivity contribution in [2.75, 3.05) is 11.4 Å². The Morgan fingerprint density at radius 2 is 2.19 bits per heavy atom. The normalized spacial score (nSPS) is 21.9. The molecule has 0 aromatic carbocycles. The molecule has 0 saturated carbocycles. The summed E-state index contributed by atoms with van der Waals surface area (Å²) in [6.07, 6.45) is 2.25. The van der Waals surface area contributed by atoms with E-state index >= 15 is 0 Å². The van der Waals surface area contributed by atoms with Gasteiger partial charge in [-0.1, -0.05) is 0 Å². The van der Waals surface area contributed by atoms with Gasteiger partial charge < -0.3 is 0 Å². The fraction of sp³-hybridized carbons (Fsp3) is 0.636. The van der Waals surface area contributed by atoms with Crippen molar-refractivity contribution in [1.29, 1.82) is 0 Å². The van der Waals surface area contributed by atoms with Crippen LogP contribution in [0.5, 0.6) is 0 Å². The van der Waals surface area contributed by atoms with E-state index in [9.17, 15) is 4.79 Å². The second kappa shape index (κ2) is 3.80. The van der Waals surface area contributed by atoms with Gasteiger partial charge in [0.15, 0.2) is 0 Å². The lowest BCUT2D eigenvalue weighted by Crippen LogP contribution is -2.32. The minimum atomic E-state index is -0.117. The van der Waals surface area contributed by atoms with Gasteiger partial charge in [0.1, 0.15) is 5.82 Å². The molecule has 0 radical (unpaired) electrons. The molecule has 1 aromatic rings. The van der Waals surface area contributed by atoms with E-state index in [1.807, 2.05) is 10.7 Å². The van der Waals surface area contributed by atoms with Crippen molar-refractivity contribution in [2.45, 2.75) is 38.0 Å². The summed E-state index contributed by atoms with van der Waals surface area (Å²) in [7, 11) is 0. The molecule has 1 unspecified atom stereocenters. The van der Waals surface area contributed by atoms with Gasteiger partial charge >= 0.3 is 0 Å². The minimum absolute atomic E-state index is 0.117. The third-order valence-corrected chi connectivity index (χ3v) is 2.99. The lowest BCUT2D eigenvalue weighted by Gasteiger charge is -2.26. The molecule has 4 nitrogen and oxygen atoms in total. The molecule has 0 bridgehead atoms. The summed E-state index contributed by atoms with van der Waals surface area (Å²) >= 11 is 4.36. The smallest absolute Gasteiger partial charge is 0.229 e. The average Bonchev–Trinajstić information content (AvgIpc) is 2.69. The Balaban J connectivity index is 2.35. The number of carbonyl (C=O) groups is 1. The molecule has 5 heteroatoms. The fourth-order valence-corrected chi connectivity index (χ4v) is 2.25. The Morgan fingerprint density at radius 1 is 1.50 bits per heavy atom. The summed E-state index contributed by atoms with van der Waals surface area (Å²) in [5.74, 6) is 1.00. The molecule has 1 atom stereocenters. The van der Waals surface area contributed by atoms with Crippen LogP contribution in [-0.2, 0) is 10.3 Å². The number of amides is 1. The van der Waals surface area contributed by atoms with Gasteiger partial charge in [-0.15, -0.1) is 0 Å². The van der Waals surface area contributed by atoms with Crippen LogP contribution >= 0.6 is 12.6 Å². The maximum absolute atomic E-state index is 11.8. The minimum Gasteiger partial charge on any atom is -0.296 e. The van der Waals surface area contributed by atoms with Gasteiger partial charge in [0, 0.05) is 24.3 Å². The average molecular weight is 239 g/mol. The molecule has 1 aromatic heterocycles. The molecule has 0 N–H and O–H groups in total. The second-order valence-electron chi connectivity index (χ2n) is 5.13. The number of aromatic nitrogens is 2. The molecule has 2 heterocycles. The van der Waals surface area contributed by atoms with Crippen molar-refractivity contribution in [3.63, 3.8) is 0 Å². The van der Waals surface area contributed by atoms with Crippen molar-refractivity contribution in [3.8, 4) is 0 Å². The molecule has 16 heavy (non-hydrogen) atoms. The molecule has 2 rings (SSSR count). The van der Waals surface area contributed by atoms with E-state index in [-0.39, 0.29) is 16.7 Å². The first kappa shape index (κ1) is 11.5. The first-order valence-corrected chi connectivity index (χ1v) is 5.94. The highest BCUT2D eigenvalue weighted by molar-refractivity contribution is 7.81. The molecular formula is C11H17N3OS. The first-order valence-electron chi connectivity index (χ1n) is 5.42. The molecule has 0 spiro atoms. The van der Waals surface area contributed by atoms with Gasteiger partial charge in [-0.05, 0) is 20.8 Å². The Hall–Kier alpha value is -0.970. The Labute approximate surface area is 101 Å². The largest absolute Gasteiger partial charge is 0.296 e. The zero-order valence-electron chi connectivity index (χ0n) is 9.84. The van der Waals surface area contributed by atoms with Crippen LogP contribution in [0.25, 0.3) is 0 Å². The predicted molar refractivity (Wildman–Crippen MR) is 67.0 cm³/mol. The van der Waals surface area contributed by atoms with Gasteiger partial charge in [0.25, 0.3) is 0 Å². The molecule has 1 saturated heterocycles. The van der Waals surface area contributed by atoms with Gasteiger partial charge in [-0.3, -0.25) is 9.69 Å². The van der Waals surface area contributed by atoms with Crippen LogP contribution in [0.4, 0.5) is 5.82 Å². The highest BCUT2D eigenvalue weighted by Gasteiger charge is 2.32. The van der Waals surface area contributed by atoms with E-state index in [2.05, 4.69) is 38.5 Å². The van der Waals surface area contributed by atoms with Crippen LogP contribution in [0.3, 0.4) is 0 Å². The maximum Gasteiger partial charge on any atom is 0.229 e. The number of thiol groups is 1. The molecule has 88 valence electrons. The van der Waals surface area contributed by atoms with E-state index in [0.717, 1.165) is 5.82 Å². The van der Waals surface area contributed by atoms with E-state index in [4.69, 9.17) is 0 Å². The lowest BCUT2D eigenvalue weighted by molar-refractivity contribution is -0.117. The Kier molecular flexibility index (Phi) is 2.74. The number of hydrogen-bond donors (Lipinski definition) is 1. The third kappa shape index (κ3) is 1.96. The quantitative estimate of drug-likeness (QED) is 0.757. The number of rotatable bonds is 1. The summed E-state index contributed by atoms with van der Waals surface area (Å²) in [5.41, 5.74) is -0.117. The van der Waals surface area contributed by atoms with Crippen LogP contribution < -0.4 is 4.90 Å². The van der Waals surface area contributed by atoms with E-state index < -0.39 is 0 Å². The van der Waals surface area contributed by atoms with Gasteiger partial charge in [0.2, 0.25) is 5.91 Å². The van der Waals surface area contributed by atoms with Crippen molar-refractivity contribution >= 4 is 24.4 Å². The Bertz CT molecular complexity index is 408. The summed E-state index contributed by atoms with van der Waals surface area (Å²) in [5, 5.41) is 4.42. The van der Waals surface area contributed by atoms with Crippen LogP contribution in [0.2, 0.25) is 0 Å². The van der Waals surface area contributed by atoms with Crippen LogP contribution in [0.15, 0.2) is 12.3 Å². The van der Waals surface area contributed by atoms with Crippen molar-refractivity contribution < 1.29 is 4.79 Å². The van der Waals surface area contributed by atoms with Crippen molar-refractivity contribution in [2.24, 2.45) is 0 Å². The monoisotopic (exact) mass is 239 g/mol. The summed E-state index contributed by atoms with van der Waals surface area (Å²) < 4.78 is 1.89. The van der Waals surface area contributed by atoms with Gasteiger partial charge in [-0.2, -0.15) is 17.7 Å². The van der Waals surface area contributed by atoms with Crippen LogP contribution in [-0.4, -0.2) is 27.5 Å². The number of nitrogens with zero attached hydrogens (tertiary/aromatic N) is 3. The summed E-state index contributed by atoms with van der Waals surface area (Å²) in [4.78, 5) is 13.6. The SMILES string of the molecule is CC(C)(C)n1nccc1N1CC(S)CC1=O. The lowest BCUT2D eigenvalue weighted by atomic mass is 10.1. The number of hydrogen-bond acceptors (Lipinski definition) is 3. The molecule has 0 aliphatic carbocycles. The standard InChI is InChI=1S/C11H17N3OS/c1-11(2,3)14-9(4-5-12-14)13-7-8(16)6-10(13)15/h4-5,8,16H,6-7H2,1-3H3. The predicted octanol–water partition coefficient (Wildman–Crippen LogP) is 1.67. The highest BCUT2D eigenvalue weighted by Crippen LogP contribution is 2.27. The zero-order chi connectivity index (χ0) is 11.9. The maximum atomic E-state index is 11.8. The summed E-state index contributed by atoms with van der Waals surface area (Å²) in [6.45, 7) is 6.89. The molecule has 1 aliphatic heterocycles. The molecular weight excluding hydrogens is 222 g/mol. The van der Waals surface area contributed by atoms with Gasteiger partial charge in [0.05, 0.1) is 11.7 Å².